The summed E-state index contributed by atoms with van der Waals surface area (Å²) in [5.41, 5.74) is 4.10. The van der Waals surface area contributed by atoms with Gasteiger partial charge in [-0.25, -0.2) is 14.8 Å². The summed E-state index contributed by atoms with van der Waals surface area (Å²) in [7, 11) is 0. The molecule has 33 heavy (non-hydrogen) atoms. The van der Waals surface area contributed by atoms with Crippen molar-refractivity contribution in [1.29, 1.82) is 0 Å². The summed E-state index contributed by atoms with van der Waals surface area (Å²) in [4.78, 5) is 23.4. The molecule has 2 heterocycles. The van der Waals surface area contributed by atoms with Crippen LogP contribution in [0.1, 0.15) is 37.6 Å². The van der Waals surface area contributed by atoms with Crippen LogP contribution in [0.15, 0.2) is 54.6 Å². The molecule has 0 radical (unpaired) electrons. The highest BCUT2D eigenvalue weighted by atomic mass is 35.5. The molecule has 3 aromatic rings. The second-order valence-corrected chi connectivity index (χ2v) is 9.38. The summed E-state index contributed by atoms with van der Waals surface area (Å²) < 4.78 is 5.34. The number of carbonyl (C=O) groups excluding carboxylic acids is 1. The zero-order valence-electron chi connectivity index (χ0n) is 19.1. The van der Waals surface area contributed by atoms with Crippen LogP contribution in [-0.4, -0.2) is 33.1 Å². The Balaban J connectivity index is 1.51. The van der Waals surface area contributed by atoms with Crippen LogP contribution >= 0.6 is 11.6 Å². The lowest BCUT2D eigenvalue weighted by Crippen LogP contribution is -2.31. The van der Waals surface area contributed by atoms with Gasteiger partial charge in [-0.15, -0.1) is 0 Å². The highest BCUT2D eigenvalue weighted by molar-refractivity contribution is 6.28. The van der Waals surface area contributed by atoms with Crippen molar-refractivity contribution in [2.75, 3.05) is 17.2 Å². The normalized spacial score (nSPS) is 13.8. The minimum atomic E-state index is -0.567. The zero-order chi connectivity index (χ0) is 23.4. The van der Waals surface area contributed by atoms with Gasteiger partial charge in [-0.2, -0.15) is 0 Å². The first-order valence-electron chi connectivity index (χ1n) is 10.9. The third-order valence-electron chi connectivity index (χ3n) is 5.13. The third kappa shape index (κ3) is 6.43. The molecule has 172 valence electrons. The fourth-order valence-corrected chi connectivity index (χ4v) is 3.94. The van der Waals surface area contributed by atoms with E-state index in [0.29, 0.717) is 11.5 Å². The fraction of sp³-hybridized carbons (Fsp3) is 0.320. The first-order chi connectivity index (χ1) is 15.7. The van der Waals surface area contributed by atoms with Gasteiger partial charge in [-0.1, -0.05) is 36.4 Å². The lowest BCUT2D eigenvalue weighted by atomic mass is 10.0. The average Bonchev–Trinajstić information content (AvgIpc) is 2.74. The van der Waals surface area contributed by atoms with Crippen LogP contribution in [-0.2, 0) is 24.2 Å². The van der Waals surface area contributed by atoms with E-state index in [9.17, 15) is 4.79 Å². The number of hydrogen-bond donors (Lipinski definition) is 2. The molecule has 0 unspecified atom stereocenters. The summed E-state index contributed by atoms with van der Waals surface area (Å²) in [6.07, 6.45) is 0.304. The van der Waals surface area contributed by atoms with Gasteiger partial charge in [-0.05, 0) is 56.1 Å². The van der Waals surface area contributed by atoms with Gasteiger partial charge < -0.3 is 10.1 Å². The highest BCUT2D eigenvalue weighted by Crippen LogP contribution is 2.29. The van der Waals surface area contributed by atoms with Crippen molar-refractivity contribution >= 4 is 34.9 Å². The van der Waals surface area contributed by atoms with Gasteiger partial charge in [0, 0.05) is 43.0 Å². The van der Waals surface area contributed by atoms with Crippen molar-refractivity contribution in [3.63, 3.8) is 0 Å². The van der Waals surface area contributed by atoms with E-state index in [-0.39, 0.29) is 5.28 Å². The third-order valence-corrected chi connectivity index (χ3v) is 5.30. The predicted octanol–water partition coefficient (Wildman–Crippen LogP) is 5.78. The smallest absolute Gasteiger partial charge is 0.412 e. The topological polar surface area (TPSA) is 79.4 Å². The number of halogens is 1. The molecule has 0 atom stereocenters. The van der Waals surface area contributed by atoms with E-state index in [1.165, 1.54) is 5.56 Å². The first kappa shape index (κ1) is 23.0. The summed E-state index contributed by atoms with van der Waals surface area (Å²) >= 11 is 6.23. The Hall–Kier alpha value is -3.16. The Labute approximate surface area is 199 Å². The number of amides is 1. The SMILES string of the molecule is CC(C)(C)OC(=O)Nc1cccc(Nc2nc(Cl)nc3c2CN(Cc2ccccc2)CC3)c1. The Morgan fingerprint density at radius 3 is 2.61 bits per heavy atom. The van der Waals surface area contributed by atoms with Crippen LogP contribution in [0.2, 0.25) is 5.28 Å². The molecule has 0 fully saturated rings. The van der Waals surface area contributed by atoms with Crippen LogP contribution in [0.5, 0.6) is 0 Å². The minimum absolute atomic E-state index is 0.218. The van der Waals surface area contributed by atoms with Crippen molar-refractivity contribution in [3.8, 4) is 0 Å². The molecule has 1 amide bonds. The number of ether oxygens (including phenoxy) is 1. The van der Waals surface area contributed by atoms with Crippen LogP contribution < -0.4 is 10.6 Å². The van der Waals surface area contributed by atoms with Crippen molar-refractivity contribution in [3.05, 3.63) is 76.7 Å². The number of benzene rings is 2. The summed E-state index contributed by atoms with van der Waals surface area (Å²) in [6.45, 7) is 7.97. The van der Waals surface area contributed by atoms with E-state index in [4.69, 9.17) is 16.3 Å². The molecule has 8 heteroatoms. The van der Waals surface area contributed by atoms with Crippen LogP contribution in [0.3, 0.4) is 0 Å². The molecule has 0 bridgehead atoms. The molecule has 1 aliphatic rings. The van der Waals surface area contributed by atoms with Crippen LogP contribution in [0.25, 0.3) is 0 Å². The Kier molecular flexibility index (Phi) is 6.81. The molecule has 0 saturated heterocycles. The van der Waals surface area contributed by atoms with Crippen LogP contribution in [0, 0.1) is 0 Å². The van der Waals surface area contributed by atoms with E-state index in [2.05, 4.69) is 49.8 Å². The quantitative estimate of drug-likeness (QED) is 0.465. The van der Waals surface area contributed by atoms with Gasteiger partial charge in [-0.3, -0.25) is 10.2 Å². The zero-order valence-corrected chi connectivity index (χ0v) is 19.8. The Morgan fingerprint density at radius 2 is 1.85 bits per heavy atom. The second-order valence-electron chi connectivity index (χ2n) is 9.05. The van der Waals surface area contributed by atoms with E-state index in [1.807, 2.05) is 45.0 Å². The summed E-state index contributed by atoms with van der Waals surface area (Å²) in [5, 5.41) is 6.35. The van der Waals surface area contributed by atoms with Gasteiger partial charge in [0.25, 0.3) is 0 Å². The first-order valence-corrected chi connectivity index (χ1v) is 11.3. The van der Waals surface area contributed by atoms with E-state index in [0.717, 1.165) is 43.0 Å². The standard InChI is InChI=1S/C25H28ClN5O2/c1-25(2,3)33-24(32)28-19-11-7-10-18(14-19)27-22-20-16-31(15-17-8-5-4-6-9-17)13-12-21(20)29-23(26)30-22/h4-11,14H,12-13,15-16H2,1-3H3,(H,28,32)(H,27,29,30). The number of anilines is 3. The molecular formula is C25H28ClN5O2. The average molecular weight is 466 g/mol. The molecule has 0 saturated carbocycles. The molecule has 1 aromatic heterocycles. The van der Waals surface area contributed by atoms with Crippen molar-refractivity contribution < 1.29 is 9.53 Å². The number of nitrogens with zero attached hydrogens (tertiary/aromatic N) is 3. The van der Waals surface area contributed by atoms with Gasteiger partial charge >= 0.3 is 6.09 Å². The molecule has 2 aromatic carbocycles. The molecule has 2 N–H and O–H groups in total. The van der Waals surface area contributed by atoms with E-state index >= 15 is 0 Å². The molecule has 7 nitrogen and oxygen atoms in total. The number of fused-ring (bicyclic) bond motifs is 1. The number of nitrogens with one attached hydrogen (secondary N) is 2. The largest absolute Gasteiger partial charge is 0.444 e. The van der Waals surface area contributed by atoms with Gasteiger partial charge in [0.05, 0.1) is 5.69 Å². The van der Waals surface area contributed by atoms with Gasteiger partial charge in [0.1, 0.15) is 11.4 Å². The maximum Gasteiger partial charge on any atom is 0.412 e. The maximum absolute atomic E-state index is 12.1. The summed E-state index contributed by atoms with van der Waals surface area (Å²) in [6, 6.07) is 17.8. The van der Waals surface area contributed by atoms with E-state index in [1.54, 1.807) is 6.07 Å². The molecular weight excluding hydrogens is 438 g/mol. The van der Waals surface area contributed by atoms with Crippen LogP contribution in [0.4, 0.5) is 22.0 Å². The highest BCUT2D eigenvalue weighted by Gasteiger charge is 2.23. The van der Waals surface area contributed by atoms with Gasteiger partial charge in [0.15, 0.2) is 0 Å². The molecule has 0 spiro atoms. The number of carbonyl (C=O) groups is 1. The van der Waals surface area contributed by atoms with E-state index < -0.39 is 11.7 Å². The maximum atomic E-state index is 12.1. The monoisotopic (exact) mass is 465 g/mol. The second kappa shape index (κ2) is 9.77. The lowest BCUT2D eigenvalue weighted by molar-refractivity contribution is 0.0636. The molecule has 0 aliphatic carbocycles. The van der Waals surface area contributed by atoms with Crippen molar-refractivity contribution in [2.45, 2.75) is 45.9 Å². The number of rotatable bonds is 5. The number of hydrogen-bond acceptors (Lipinski definition) is 6. The van der Waals surface area contributed by atoms with Crippen molar-refractivity contribution in [1.82, 2.24) is 14.9 Å². The Bertz CT molecular complexity index is 1130. The van der Waals surface area contributed by atoms with Gasteiger partial charge in [0.2, 0.25) is 5.28 Å². The fourth-order valence-electron chi connectivity index (χ4n) is 3.75. The minimum Gasteiger partial charge on any atom is -0.444 e. The Morgan fingerprint density at radius 1 is 1.09 bits per heavy atom. The summed E-state index contributed by atoms with van der Waals surface area (Å²) in [5.74, 6) is 0.678. The molecule has 4 rings (SSSR count). The lowest BCUT2D eigenvalue weighted by Gasteiger charge is -2.29. The van der Waals surface area contributed by atoms with Crippen molar-refractivity contribution in [2.24, 2.45) is 0 Å². The predicted molar refractivity (Wildman–Crippen MR) is 131 cm³/mol. The molecule has 1 aliphatic heterocycles. The number of aromatic nitrogens is 2.